The second kappa shape index (κ2) is 6.47. The Labute approximate surface area is 149 Å². The second-order valence-corrected chi connectivity index (χ2v) is 6.11. The Morgan fingerprint density at radius 2 is 1.96 bits per heavy atom. The summed E-state index contributed by atoms with van der Waals surface area (Å²) in [5.74, 6) is 1.55. The summed E-state index contributed by atoms with van der Waals surface area (Å²) in [6.45, 7) is 4.16. The van der Waals surface area contributed by atoms with E-state index in [0.717, 1.165) is 5.56 Å². The Balaban J connectivity index is 1.65. The number of anilines is 1. The van der Waals surface area contributed by atoms with E-state index in [1.807, 2.05) is 38.1 Å². The molecule has 26 heavy (non-hydrogen) atoms. The molecule has 0 bridgehead atoms. The average Bonchev–Trinajstić information content (AvgIpc) is 3.30. The zero-order valence-electron chi connectivity index (χ0n) is 14.3. The number of ether oxygens (including phenoxy) is 2. The zero-order chi connectivity index (χ0) is 18.1. The molecule has 8 heteroatoms. The lowest BCUT2D eigenvalue weighted by Gasteiger charge is -2.13. The maximum atomic E-state index is 12.7. The van der Waals surface area contributed by atoms with Gasteiger partial charge in [0.25, 0.3) is 5.91 Å². The van der Waals surface area contributed by atoms with Gasteiger partial charge in [-0.05, 0) is 54.6 Å². The molecule has 0 fully saturated rings. The Kier molecular flexibility index (Phi) is 4.00. The lowest BCUT2D eigenvalue weighted by Crippen LogP contribution is -2.13. The molecule has 0 atom stereocenters. The van der Waals surface area contributed by atoms with Crippen molar-refractivity contribution in [2.75, 3.05) is 12.1 Å². The standard InChI is InChI=1S/C18H17N5O3/c1-11(2)23-17(20-21-22-23)13-5-3-4-6-14(13)19-18(24)12-7-8-15-16(9-12)26-10-25-15/h3-9,11H,10H2,1-2H3,(H,19,24). The number of tetrazole rings is 1. The van der Waals surface area contributed by atoms with Crippen LogP contribution in [0.5, 0.6) is 11.5 Å². The Morgan fingerprint density at radius 3 is 2.81 bits per heavy atom. The first kappa shape index (κ1) is 16.1. The molecule has 0 spiro atoms. The third-order valence-corrected chi connectivity index (χ3v) is 4.03. The van der Waals surface area contributed by atoms with Crippen molar-refractivity contribution >= 4 is 11.6 Å². The third kappa shape index (κ3) is 2.85. The predicted molar refractivity (Wildman–Crippen MR) is 94.2 cm³/mol. The van der Waals surface area contributed by atoms with Crippen molar-refractivity contribution in [3.63, 3.8) is 0 Å². The van der Waals surface area contributed by atoms with Crippen molar-refractivity contribution in [1.29, 1.82) is 0 Å². The van der Waals surface area contributed by atoms with E-state index in [9.17, 15) is 4.79 Å². The largest absolute Gasteiger partial charge is 0.454 e. The van der Waals surface area contributed by atoms with Crippen molar-refractivity contribution in [2.45, 2.75) is 19.9 Å². The highest BCUT2D eigenvalue weighted by molar-refractivity contribution is 6.06. The van der Waals surface area contributed by atoms with Gasteiger partial charge in [-0.3, -0.25) is 4.79 Å². The van der Waals surface area contributed by atoms with Crippen LogP contribution in [-0.2, 0) is 0 Å². The molecule has 1 N–H and O–H groups in total. The van der Waals surface area contributed by atoms with E-state index in [-0.39, 0.29) is 18.7 Å². The van der Waals surface area contributed by atoms with Crippen molar-refractivity contribution in [1.82, 2.24) is 20.2 Å². The van der Waals surface area contributed by atoms with E-state index < -0.39 is 0 Å². The molecular formula is C18H17N5O3. The molecule has 0 saturated heterocycles. The fourth-order valence-corrected chi connectivity index (χ4v) is 2.74. The molecule has 0 unspecified atom stereocenters. The highest BCUT2D eigenvalue weighted by Gasteiger charge is 2.19. The van der Waals surface area contributed by atoms with Crippen LogP contribution in [0.1, 0.15) is 30.2 Å². The summed E-state index contributed by atoms with van der Waals surface area (Å²) in [7, 11) is 0. The molecule has 1 amide bonds. The van der Waals surface area contributed by atoms with Gasteiger partial charge in [-0.2, -0.15) is 0 Å². The van der Waals surface area contributed by atoms with Crippen LogP contribution in [0.2, 0.25) is 0 Å². The minimum absolute atomic E-state index is 0.0950. The summed E-state index contributed by atoms with van der Waals surface area (Å²) in [6.07, 6.45) is 0. The van der Waals surface area contributed by atoms with Crippen LogP contribution in [0.15, 0.2) is 42.5 Å². The number of nitrogens with one attached hydrogen (secondary N) is 1. The maximum absolute atomic E-state index is 12.7. The van der Waals surface area contributed by atoms with Crippen LogP contribution >= 0.6 is 0 Å². The van der Waals surface area contributed by atoms with Crippen molar-refractivity contribution in [3.05, 3.63) is 48.0 Å². The fraction of sp³-hybridized carbons (Fsp3) is 0.222. The summed E-state index contributed by atoms with van der Waals surface area (Å²) in [5, 5.41) is 14.8. The molecule has 2 heterocycles. The normalized spacial score (nSPS) is 12.4. The van der Waals surface area contributed by atoms with E-state index in [4.69, 9.17) is 9.47 Å². The molecule has 1 aliphatic heterocycles. The molecule has 0 radical (unpaired) electrons. The lowest BCUT2D eigenvalue weighted by molar-refractivity contribution is 0.102. The van der Waals surface area contributed by atoms with Gasteiger partial charge < -0.3 is 14.8 Å². The Hall–Kier alpha value is -3.42. The topological polar surface area (TPSA) is 91.2 Å². The minimum Gasteiger partial charge on any atom is -0.454 e. The highest BCUT2D eigenvalue weighted by atomic mass is 16.7. The van der Waals surface area contributed by atoms with E-state index in [1.54, 1.807) is 22.9 Å². The number of hydrogen-bond acceptors (Lipinski definition) is 6. The number of fused-ring (bicyclic) bond motifs is 1. The van der Waals surface area contributed by atoms with E-state index >= 15 is 0 Å². The summed E-state index contributed by atoms with van der Waals surface area (Å²) in [4.78, 5) is 12.7. The molecule has 0 saturated carbocycles. The van der Waals surface area contributed by atoms with Crippen LogP contribution in [0.4, 0.5) is 5.69 Å². The molecule has 1 aromatic heterocycles. The van der Waals surface area contributed by atoms with Gasteiger partial charge in [-0.15, -0.1) is 5.10 Å². The Bertz CT molecular complexity index is 967. The number of hydrogen-bond donors (Lipinski definition) is 1. The summed E-state index contributed by atoms with van der Waals surface area (Å²) < 4.78 is 12.3. The first-order valence-corrected chi connectivity index (χ1v) is 8.22. The average molecular weight is 351 g/mol. The molecule has 4 rings (SSSR count). The van der Waals surface area contributed by atoms with Crippen LogP contribution in [0.3, 0.4) is 0 Å². The van der Waals surface area contributed by atoms with Crippen molar-refractivity contribution in [3.8, 4) is 22.9 Å². The second-order valence-electron chi connectivity index (χ2n) is 6.11. The molecule has 2 aromatic carbocycles. The third-order valence-electron chi connectivity index (χ3n) is 4.03. The summed E-state index contributed by atoms with van der Waals surface area (Å²) in [6, 6.07) is 12.6. The van der Waals surface area contributed by atoms with Gasteiger partial charge in [0.15, 0.2) is 17.3 Å². The number of rotatable bonds is 4. The summed E-state index contributed by atoms with van der Waals surface area (Å²) >= 11 is 0. The van der Waals surface area contributed by atoms with Crippen molar-refractivity contribution < 1.29 is 14.3 Å². The summed E-state index contributed by atoms with van der Waals surface area (Å²) in [5.41, 5.74) is 1.86. The van der Waals surface area contributed by atoms with Gasteiger partial charge in [0, 0.05) is 11.1 Å². The van der Waals surface area contributed by atoms with Gasteiger partial charge in [-0.1, -0.05) is 12.1 Å². The SMILES string of the molecule is CC(C)n1nnnc1-c1ccccc1NC(=O)c1ccc2c(c1)OCO2. The number of benzene rings is 2. The number of para-hydroxylation sites is 1. The number of aromatic nitrogens is 4. The number of carbonyl (C=O) groups is 1. The maximum Gasteiger partial charge on any atom is 0.255 e. The van der Waals surface area contributed by atoms with Crippen LogP contribution in [0.25, 0.3) is 11.4 Å². The zero-order valence-corrected chi connectivity index (χ0v) is 14.3. The lowest BCUT2D eigenvalue weighted by atomic mass is 10.1. The number of nitrogens with zero attached hydrogens (tertiary/aromatic N) is 4. The van der Waals surface area contributed by atoms with Crippen LogP contribution in [-0.4, -0.2) is 32.9 Å². The fourth-order valence-electron chi connectivity index (χ4n) is 2.74. The molecule has 132 valence electrons. The molecule has 1 aliphatic rings. The van der Waals surface area contributed by atoms with E-state index in [1.165, 1.54) is 0 Å². The van der Waals surface area contributed by atoms with Crippen LogP contribution < -0.4 is 14.8 Å². The molecule has 0 aliphatic carbocycles. The number of carbonyl (C=O) groups excluding carboxylic acids is 1. The predicted octanol–water partition coefficient (Wildman–Crippen LogP) is 2.90. The molecular weight excluding hydrogens is 334 g/mol. The smallest absolute Gasteiger partial charge is 0.255 e. The Morgan fingerprint density at radius 1 is 1.15 bits per heavy atom. The van der Waals surface area contributed by atoms with Gasteiger partial charge in [0.2, 0.25) is 6.79 Å². The first-order valence-electron chi connectivity index (χ1n) is 8.22. The van der Waals surface area contributed by atoms with E-state index in [0.29, 0.717) is 28.6 Å². The van der Waals surface area contributed by atoms with Crippen molar-refractivity contribution in [2.24, 2.45) is 0 Å². The minimum atomic E-state index is -0.251. The first-order chi connectivity index (χ1) is 12.6. The van der Waals surface area contributed by atoms with Gasteiger partial charge in [0.1, 0.15) is 0 Å². The highest BCUT2D eigenvalue weighted by Crippen LogP contribution is 2.33. The van der Waals surface area contributed by atoms with Gasteiger partial charge in [-0.25, -0.2) is 4.68 Å². The molecule has 8 nitrogen and oxygen atoms in total. The monoisotopic (exact) mass is 351 g/mol. The van der Waals surface area contributed by atoms with Crippen LogP contribution in [0, 0.1) is 0 Å². The number of amides is 1. The van der Waals surface area contributed by atoms with Gasteiger partial charge >= 0.3 is 0 Å². The van der Waals surface area contributed by atoms with Gasteiger partial charge in [0.05, 0.1) is 11.7 Å². The molecule has 3 aromatic rings. The van der Waals surface area contributed by atoms with E-state index in [2.05, 4.69) is 20.8 Å². The quantitative estimate of drug-likeness (QED) is 0.777.